The highest BCUT2D eigenvalue weighted by atomic mass is 16.6. The lowest BCUT2D eigenvalue weighted by molar-refractivity contribution is -0.384. The molecule has 0 aromatic heterocycles. The zero-order valence-corrected chi connectivity index (χ0v) is 11.3. The van der Waals surface area contributed by atoms with Gasteiger partial charge in [-0.1, -0.05) is 19.9 Å². The van der Waals surface area contributed by atoms with Crippen molar-refractivity contribution >= 4 is 11.4 Å². The summed E-state index contributed by atoms with van der Waals surface area (Å²) in [7, 11) is 0. The number of nitro groups is 1. The van der Waals surface area contributed by atoms with Crippen LogP contribution < -0.4 is 5.32 Å². The first-order chi connectivity index (χ1) is 8.62. The van der Waals surface area contributed by atoms with E-state index in [9.17, 15) is 10.1 Å². The van der Waals surface area contributed by atoms with Gasteiger partial charge in [-0.05, 0) is 31.6 Å². The van der Waals surface area contributed by atoms with Gasteiger partial charge in [-0.3, -0.25) is 15.0 Å². The van der Waals surface area contributed by atoms with Crippen molar-refractivity contribution in [2.24, 2.45) is 0 Å². The molecule has 18 heavy (non-hydrogen) atoms. The Balaban J connectivity index is 2.95. The van der Waals surface area contributed by atoms with Crippen LogP contribution in [-0.4, -0.2) is 29.5 Å². The Bertz CT molecular complexity index is 403. The van der Waals surface area contributed by atoms with Gasteiger partial charge in [0.05, 0.1) is 4.92 Å². The maximum absolute atomic E-state index is 11.0. The van der Waals surface area contributed by atoms with Gasteiger partial charge in [-0.15, -0.1) is 0 Å². The fraction of sp³-hybridized carbons (Fsp3) is 0.538. The van der Waals surface area contributed by atoms with Crippen molar-refractivity contribution in [1.29, 1.82) is 0 Å². The summed E-state index contributed by atoms with van der Waals surface area (Å²) in [5.41, 5.74) is 1.72. The smallest absolute Gasteiger partial charge is 0.292 e. The quantitative estimate of drug-likeness (QED) is 0.598. The standard InChI is InChI=1S/C13H21N3O2/c1-4-14-12-8-7-11(9-13(12)16(17)18)10-15(5-2)6-3/h7-9,14H,4-6,10H2,1-3H3. The molecular weight excluding hydrogens is 230 g/mol. The van der Waals surface area contributed by atoms with Crippen molar-refractivity contribution in [3.8, 4) is 0 Å². The van der Waals surface area contributed by atoms with Crippen molar-refractivity contribution in [2.75, 3.05) is 25.0 Å². The van der Waals surface area contributed by atoms with Gasteiger partial charge in [0, 0.05) is 19.2 Å². The van der Waals surface area contributed by atoms with Crippen molar-refractivity contribution in [1.82, 2.24) is 4.90 Å². The lowest BCUT2D eigenvalue weighted by Crippen LogP contribution is -2.22. The van der Waals surface area contributed by atoms with Crippen molar-refractivity contribution in [3.05, 3.63) is 33.9 Å². The van der Waals surface area contributed by atoms with Crippen LogP contribution in [0.1, 0.15) is 26.3 Å². The second kappa shape index (κ2) is 6.96. The van der Waals surface area contributed by atoms with Gasteiger partial charge in [0.2, 0.25) is 0 Å². The first kappa shape index (κ1) is 14.4. The minimum absolute atomic E-state index is 0.154. The summed E-state index contributed by atoms with van der Waals surface area (Å²) in [5.74, 6) is 0. The molecular formula is C13H21N3O2. The molecule has 0 aliphatic heterocycles. The lowest BCUT2D eigenvalue weighted by Gasteiger charge is -2.18. The largest absolute Gasteiger partial charge is 0.380 e. The third kappa shape index (κ3) is 3.70. The molecule has 1 aromatic rings. The number of benzene rings is 1. The van der Waals surface area contributed by atoms with E-state index in [0.717, 1.165) is 25.2 Å². The van der Waals surface area contributed by atoms with Gasteiger partial charge >= 0.3 is 0 Å². The average Bonchev–Trinajstić information content (AvgIpc) is 2.37. The van der Waals surface area contributed by atoms with Crippen molar-refractivity contribution in [2.45, 2.75) is 27.3 Å². The minimum Gasteiger partial charge on any atom is -0.380 e. The molecule has 1 rings (SSSR count). The molecule has 0 unspecified atom stereocenters. The fourth-order valence-electron chi connectivity index (χ4n) is 1.87. The number of anilines is 1. The predicted molar refractivity (Wildman–Crippen MR) is 73.9 cm³/mol. The molecule has 0 atom stereocenters. The molecule has 0 fully saturated rings. The molecule has 100 valence electrons. The van der Waals surface area contributed by atoms with Crippen LogP contribution in [-0.2, 0) is 6.54 Å². The Morgan fingerprint density at radius 1 is 1.28 bits per heavy atom. The third-order valence-corrected chi connectivity index (χ3v) is 2.93. The summed E-state index contributed by atoms with van der Waals surface area (Å²) in [5, 5.41) is 14.0. The molecule has 5 heteroatoms. The van der Waals surface area contributed by atoms with Crippen LogP contribution in [0.5, 0.6) is 0 Å². The van der Waals surface area contributed by atoms with Crippen LogP contribution in [0.4, 0.5) is 11.4 Å². The molecule has 0 aliphatic rings. The Morgan fingerprint density at radius 3 is 2.44 bits per heavy atom. The van der Waals surface area contributed by atoms with E-state index in [1.54, 1.807) is 12.1 Å². The second-order valence-electron chi connectivity index (χ2n) is 4.10. The monoisotopic (exact) mass is 251 g/mol. The molecule has 0 saturated carbocycles. The van der Waals surface area contributed by atoms with E-state index < -0.39 is 0 Å². The van der Waals surface area contributed by atoms with E-state index in [-0.39, 0.29) is 10.6 Å². The summed E-state index contributed by atoms with van der Waals surface area (Å²) >= 11 is 0. The zero-order chi connectivity index (χ0) is 13.5. The summed E-state index contributed by atoms with van der Waals surface area (Å²) < 4.78 is 0. The summed E-state index contributed by atoms with van der Waals surface area (Å²) in [6.07, 6.45) is 0. The predicted octanol–water partition coefficient (Wildman–Crippen LogP) is 2.87. The van der Waals surface area contributed by atoms with E-state index in [0.29, 0.717) is 12.2 Å². The molecule has 0 spiro atoms. The molecule has 0 amide bonds. The van der Waals surface area contributed by atoms with Crippen LogP contribution in [0.2, 0.25) is 0 Å². The lowest BCUT2D eigenvalue weighted by atomic mass is 10.1. The zero-order valence-electron chi connectivity index (χ0n) is 11.3. The number of hydrogen-bond donors (Lipinski definition) is 1. The van der Waals surface area contributed by atoms with Gasteiger partial charge in [-0.2, -0.15) is 0 Å². The van der Waals surface area contributed by atoms with Crippen LogP contribution in [0.15, 0.2) is 18.2 Å². The number of hydrogen-bond acceptors (Lipinski definition) is 4. The fourth-order valence-corrected chi connectivity index (χ4v) is 1.87. The van der Waals surface area contributed by atoms with Crippen molar-refractivity contribution < 1.29 is 4.92 Å². The molecule has 5 nitrogen and oxygen atoms in total. The highest BCUT2D eigenvalue weighted by Crippen LogP contribution is 2.25. The van der Waals surface area contributed by atoms with Gasteiger partial charge in [0.1, 0.15) is 5.69 Å². The topological polar surface area (TPSA) is 58.4 Å². The maximum Gasteiger partial charge on any atom is 0.292 e. The molecule has 0 saturated heterocycles. The Hall–Kier alpha value is -1.62. The van der Waals surface area contributed by atoms with E-state index in [4.69, 9.17) is 0 Å². The van der Waals surface area contributed by atoms with E-state index >= 15 is 0 Å². The van der Waals surface area contributed by atoms with Crippen LogP contribution in [0.3, 0.4) is 0 Å². The van der Waals surface area contributed by atoms with Crippen molar-refractivity contribution in [3.63, 3.8) is 0 Å². The normalized spacial score (nSPS) is 10.7. The molecule has 0 bridgehead atoms. The Morgan fingerprint density at radius 2 is 1.94 bits per heavy atom. The number of nitrogens with zero attached hydrogens (tertiary/aromatic N) is 2. The SMILES string of the molecule is CCNc1ccc(CN(CC)CC)cc1[N+](=O)[O-]. The average molecular weight is 251 g/mol. The molecule has 0 aliphatic carbocycles. The molecule has 0 heterocycles. The minimum atomic E-state index is -0.330. The maximum atomic E-state index is 11.0. The van der Waals surface area contributed by atoms with Gasteiger partial charge in [0.25, 0.3) is 5.69 Å². The molecule has 0 radical (unpaired) electrons. The van der Waals surface area contributed by atoms with Crippen LogP contribution in [0, 0.1) is 10.1 Å². The Kier molecular flexibility index (Phi) is 5.58. The summed E-state index contributed by atoms with van der Waals surface area (Å²) in [6.45, 7) is 9.42. The first-order valence-corrected chi connectivity index (χ1v) is 6.35. The van der Waals surface area contributed by atoms with Gasteiger partial charge in [0.15, 0.2) is 0 Å². The number of nitrogens with one attached hydrogen (secondary N) is 1. The molecule has 1 aromatic carbocycles. The number of rotatable bonds is 7. The van der Waals surface area contributed by atoms with Gasteiger partial charge in [-0.25, -0.2) is 0 Å². The van der Waals surface area contributed by atoms with E-state index in [1.807, 2.05) is 13.0 Å². The summed E-state index contributed by atoms with van der Waals surface area (Å²) in [6, 6.07) is 5.40. The van der Waals surface area contributed by atoms with E-state index in [2.05, 4.69) is 24.1 Å². The number of nitro benzene ring substituents is 1. The highest BCUT2D eigenvalue weighted by Gasteiger charge is 2.14. The molecule has 1 N–H and O–H groups in total. The first-order valence-electron chi connectivity index (χ1n) is 6.35. The second-order valence-corrected chi connectivity index (χ2v) is 4.10. The third-order valence-electron chi connectivity index (χ3n) is 2.93. The highest BCUT2D eigenvalue weighted by molar-refractivity contribution is 5.62. The van der Waals surface area contributed by atoms with E-state index in [1.165, 1.54) is 0 Å². The Labute approximate surface area is 108 Å². The van der Waals surface area contributed by atoms with Gasteiger partial charge < -0.3 is 5.32 Å². The van der Waals surface area contributed by atoms with Crippen LogP contribution in [0.25, 0.3) is 0 Å². The summed E-state index contributed by atoms with van der Waals surface area (Å²) in [4.78, 5) is 12.9. The van der Waals surface area contributed by atoms with Crippen LogP contribution >= 0.6 is 0 Å².